The predicted molar refractivity (Wildman–Crippen MR) is 38.1 cm³/mol. The molecule has 1 N–H and O–H groups in total. The molecule has 2 nitrogen and oxygen atoms in total. The summed E-state index contributed by atoms with van der Waals surface area (Å²) in [5.74, 6) is 0.121. The summed E-state index contributed by atoms with van der Waals surface area (Å²) in [6.07, 6.45) is 1.74. The Labute approximate surface area is 56.0 Å². The van der Waals surface area contributed by atoms with Crippen LogP contribution < -0.4 is 5.32 Å². The van der Waals surface area contributed by atoms with Gasteiger partial charge in [0.05, 0.1) is 0 Å². The van der Waals surface area contributed by atoms with Crippen molar-refractivity contribution in [2.75, 3.05) is 6.54 Å². The maximum atomic E-state index is 10.5. The number of hydrogen-bond donors (Lipinski definition) is 1. The smallest absolute Gasteiger partial charge is 0.156 e. The van der Waals surface area contributed by atoms with Gasteiger partial charge in [0.15, 0.2) is 5.78 Å². The molecule has 0 aromatic heterocycles. The number of rotatable bonds is 3. The van der Waals surface area contributed by atoms with Crippen molar-refractivity contribution >= 4 is 5.78 Å². The van der Waals surface area contributed by atoms with Crippen molar-refractivity contribution in [3.05, 3.63) is 11.8 Å². The molecule has 0 heterocycles. The lowest BCUT2D eigenvalue weighted by Crippen LogP contribution is -2.05. The number of carbonyl (C=O) groups is 1. The van der Waals surface area contributed by atoms with Gasteiger partial charge in [0.25, 0.3) is 0 Å². The van der Waals surface area contributed by atoms with Crippen molar-refractivity contribution in [2.45, 2.75) is 20.8 Å². The van der Waals surface area contributed by atoms with E-state index in [-0.39, 0.29) is 5.78 Å². The molecule has 0 saturated carbocycles. The maximum absolute atomic E-state index is 10.5. The molecule has 0 aromatic rings. The molecular weight excluding hydrogens is 114 g/mol. The summed E-state index contributed by atoms with van der Waals surface area (Å²) in [4.78, 5) is 10.5. The van der Waals surface area contributed by atoms with E-state index in [4.69, 9.17) is 0 Å². The van der Waals surface area contributed by atoms with E-state index >= 15 is 0 Å². The van der Waals surface area contributed by atoms with Gasteiger partial charge in [-0.2, -0.15) is 0 Å². The number of allylic oxidation sites excluding steroid dienone is 1. The molecular formula is C7H13NO. The molecule has 0 aliphatic carbocycles. The Balaban J connectivity index is 3.69. The monoisotopic (exact) mass is 127 g/mol. The third-order valence-corrected chi connectivity index (χ3v) is 1.08. The minimum atomic E-state index is 0.121. The van der Waals surface area contributed by atoms with E-state index in [1.54, 1.807) is 20.0 Å². The van der Waals surface area contributed by atoms with E-state index in [0.29, 0.717) is 0 Å². The topological polar surface area (TPSA) is 29.1 Å². The lowest BCUT2D eigenvalue weighted by Gasteiger charge is -1.94. The molecule has 0 fully saturated rings. The molecule has 0 aliphatic rings. The molecule has 0 radical (unpaired) electrons. The third-order valence-electron chi connectivity index (χ3n) is 1.08. The third kappa shape index (κ3) is 3.76. The van der Waals surface area contributed by atoms with Crippen molar-refractivity contribution in [2.24, 2.45) is 0 Å². The molecule has 0 aliphatic heterocycles. The van der Waals surface area contributed by atoms with Crippen LogP contribution in [-0.4, -0.2) is 12.3 Å². The number of nitrogens with one attached hydrogen (secondary N) is 1. The largest absolute Gasteiger partial charge is 0.391 e. The van der Waals surface area contributed by atoms with Gasteiger partial charge in [-0.1, -0.05) is 0 Å². The van der Waals surface area contributed by atoms with Gasteiger partial charge in [-0.3, -0.25) is 4.79 Å². The fraction of sp³-hybridized carbons (Fsp3) is 0.571. The molecule has 0 aromatic carbocycles. The molecule has 0 unspecified atom stereocenters. The van der Waals surface area contributed by atoms with Crippen LogP contribution in [0.5, 0.6) is 0 Å². The first kappa shape index (κ1) is 8.21. The van der Waals surface area contributed by atoms with Crippen molar-refractivity contribution < 1.29 is 4.79 Å². The maximum Gasteiger partial charge on any atom is 0.156 e. The zero-order valence-electron chi connectivity index (χ0n) is 6.19. The summed E-state index contributed by atoms with van der Waals surface area (Å²) >= 11 is 0. The van der Waals surface area contributed by atoms with Gasteiger partial charge in [0.2, 0.25) is 0 Å². The Kier molecular flexibility index (Phi) is 3.76. The van der Waals surface area contributed by atoms with Crippen LogP contribution in [0.4, 0.5) is 0 Å². The van der Waals surface area contributed by atoms with Gasteiger partial charge in [0.1, 0.15) is 0 Å². The minimum absolute atomic E-state index is 0.121. The number of carbonyl (C=O) groups excluding carboxylic acids is 1. The Morgan fingerprint density at radius 1 is 1.56 bits per heavy atom. The normalized spacial score (nSPS) is 11.2. The highest BCUT2D eigenvalue weighted by Gasteiger charge is 1.91. The second kappa shape index (κ2) is 4.13. The van der Waals surface area contributed by atoms with Gasteiger partial charge in [-0.25, -0.2) is 0 Å². The van der Waals surface area contributed by atoms with Gasteiger partial charge in [-0.05, 0) is 20.8 Å². The summed E-state index contributed by atoms with van der Waals surface area (Å²) in [6.45, 7) is 6.21. The molecule has 9 heavy (non-hydrogen) atoms. The number of hydrogen-bond acceptors (Lipinski definition) is 2. The fourth-order valence-electron chi connectivity index (χ4n) is 0.357. The highest BCUT2D eigenvalue weighted by molar-refractivity contribution is 5.92. The van der Waals surface area contributed by atoms with Crippen LogP contribution in [0.15, 0.2) is 11.8 Å². The van der Waals surface area contributed by atoms with E-state index in [2.05, 4.69) is 5.32 Å². The number of Topliss-reactive ketones (excluding diaryl/α,β-unsaturated/α-hetero) is 1. The molecule has 0 atom stereocenters. The molecule has 0 saturated heterocycles. The van der Waals surface area contributed by atoms with Crippen LogP contribution >= 0.6 is 0 Å². The minimum Gasteiger partial charge on any atom is -0.391 e. The summed E-state index contributed by atoms with van der Waals surface area (Å²) < 4.78 is 0. The van der Waals surface area contributed by atoms with Crippen LogP contribution in [0.3, 0.4) is 0 Å². The molecule has 2 heteroatoms. The van der Waals surface area contributed by atoms with Crippen LogP contribution in [0.2, 0.25) is 0 Å². The average Bonchev–Trinajstić information content (AvgIpc) is 1.82. The zero-order chi connectivity index (χ0) is 7.28. The predicted octanol–water partition coefficient (Wildman–Crippen LogP) is 1.09. The van der Waals surface area contributed by atoms with Crippen LogP contribution in [0.1, 0.15) is 20.8 Å². The first-order valence-corrected chi connectivity index (χ1v) is 3.09. The van der Waals surface area contributed by atoms with Gasteiger partial charge in [0, 0.05) is 18.3 Å². The van der Waals surface area contributed by atoms with Crippen molar-refractivity contribution in [3.8, 4) is 0 Å². The Bertz CT molecular complexity index is 127. The van der Waals surface area contributed by atoms with E-state index in [0.717, 1.165) is 12.1 Å². The summed E-state index contributed by atoms with van der Waals surface area (Å²) in [6, 6.07) is 0. The van der Waals surface area contributed by atoms with Gasteiger partial charge >= 0.3 is 0 Å². The quantitative estimate of drug-likeness (QED) is 0.575. The highest BCUT2D eigenvalue weighted by Crippen LogP contribution is 1.89. The standard InChI is InChI=1S/C7H13NO/c1-4-8-5-6(2)7(3)9/h5,8H,4H2,1-3H3. The second-order valence-corrected chi connectivity index (χ2v) is 1.94. The Morgan fingerprint density at radius 2 is 2.11 bits per heavy atom. The van der Waals surface area contributed by atoms with Crippen molar-refractivity contribution in [1.29, 1.82) is 0 Å². The Morgan fingerprint density at radius 3 is 2.44 bits per heavy atom. The van der Waals surface area contributed by atoms with E-state index in [1.165, 1.54) is 0 Å². The summed E-state index contributed by atoms with van der Waals surface area (Å²) in [5.41, 5.74) is 0.775. The van der Waals surface area contributed by atoms with Gasteiger partial charge in [-0.15, -0.1) is 0 Å². The Hall–Kier alpha value is -0.790. The van der Waals surface area contributed by atoms with Crippen molar-refractivity contribution in [1.82, 2.24) is 5.32 Å². The first-order chi connectivity index (χ1) is 4.18. The highest BCUT2D eigenvalue weighted by atomic mass is 16.1. The van der Waals surface area contributed by atoms with Crippen LogP contribution in [0.25, 0.3) is 0 Å². The van der Waals surface area contributed by atoms with E-state index < -0.39 is 0 Å². The van der Waals surface area contributed by atoms with E-state index in [1.807, 2.05) is 6.92 Å². The van der Waals surface area contributed by atoms with Crippen molar-refractivity contribution in [3.63, 3.8) is 0 Å². The molecule has 0 rings (SSSR count). The SMILES string of the molecule is CCNC=C(C)C(C)=O. The lowest BCUT2D eigenvalue weighted by atomic mass is 10.2. The zero-order valence-corrected chi connectivity index (χ0v) is 6.19. The summed E-state index contributed by atoms with van der Waals surface area (Å²) in [7, 11) is 0. The fourth-order valence-corrected chi connectivity index (χ4v) is 0.357. The van der Waals surface area contributed by atoms with E-state index in [9.17, 15) is 4.79 Å². The lowest BCUT2D eigenvalue weighted by molar-refractivity contribution is -0.113. The second-order valence-electron chi connectivity index (χ2n) is 1.94. The average molecular weight is 127 g/mol. The van der Waals surface area contributed by atoms with Gasteiger partial charge < -0.3 is 5.32 Å². The molecule has 0 spiro atoms. The molecule has 0 bridgehead atoms. The first-order valence-electron chi connectivity index (χ1n) is 3.09. The molecule has 52 valence electrons. The number of ketones is 1. The van der Waals surface area contributed by atoms with Crippen LogP contribution in [-0.2, 0) is 4.79 Å². The summed E-state index contributed by atoms with van der Waals surface area (Å²) in [5, 5.41) is 2.95. The van der Waals surface area contributed by atoms with Crippen LogP contribution in [0, 0.1) is 0 Å². The molecule has 0 amide bonds.